The van der Waals surface area contributed by atoms with Gasteiger partial charge in [-0.05, 0) is 54.2 Å². The van der Waals surface area contributed by atoms with Gasteiger partial charge >= 0.3 is 12.0 Å². The maximum atomic E-state index is 12.9. The zero-order valence-corrected chi connectivity index (χ0v) is 19.1. The number of rotatable bonds is 4. The van der Waals surface area contributed by atoms with Crippen molar-refractivity contribution in [3.63, 3.8) is 0 Å². The van der Waals surface area contributed by atoms with Crippen molar-refractivity contribution in [2.24, 2.45) is 16.3 Å². The number of hydrazone groups is 1. The highest BCUT2D eigenvalue weighted by Gasteiger charge is 2.36. The van der Waals surface area contributed by atoms with Crippen LogP contribution in [0.25, 0.3) is 11.1 Å². The van der Waals surface area contributed by atoms with Crippen LogP contribution in [-0.4, -0.2) is 17.7 Å². The standard InChI is InChI=1S/C26H24N4O4/c1-15-22-20(29-30-25(28)32)12-26(2,3)13-21(22)34-23(15)24(31)33-19-10-8-18(9-11-19)17-6-4-16(14-27)5-7-17/h4-11H,12-13H2,1-3H3,(H3,28,30,32)/b29-20-. The van der Waals surface area contributed by atoms with E-state index >= 15 is 0 Å². The molecule has 34 heavy (non-hydrogen) atoms. The Hall–Kier alpha value is -4.38. The van der Waals surface area contributed by atoms with Crippen molar-refractivity contribution in [1.29, 1.82) is 5.26 Å². The first-order valence-electron chi connectivity index (χ1n) is 10.7. The summed E-state index contributed by atoms with van der Waals surface area (Å²) in [5, 5.41) is 13.1. The Morgan fingerprint density at radius 3 is 2.29 bits per heavy atom. The van der Waals surface area contributed by atoms with Crippen molar-refractivity contribution in [2.75, 3.05) is 0 Å². The Bertz CT molecular complexity index is 1330. The number of urea groups is 1. The molecule has 8 nitrogen and oxygen atoms in total. The third kappa shape index (κ3) is 4.69. The van der Waals surface area contributed by atoms with Gasteiger partial charge in [0, 0.05) is 17.5 Å². The summed E-state index contributed by atoms with van der Waals surface area (Å²) >= 11 is 0. The quantitative estimate of drug-likeness (QED) is 0.334. The van der Waals surface area contributed by atoms with E-state index in [1.165, 1.54) is 0 Å². The fourth-order valence-corrected chi connectivity index (χ4v) is 4.13. The highest BCUT2D eigenvalue weighted by molar-refractivity contribution is 6.06. The van der Waals surface area contributed by atoms with E-state index in [1.807, 2.05) is 24.3 Å². The molecule has 0 saturated carbocycles. The van der Waals surface area contributed by atoms with Gasteiger partial charge in [0.25, 0.3) is 0 Å². The molecule has 4 rings (SSSR count). The number of ether oxygens (including phenoxy) is 1. The summed E-state index contributed by atoms with van der Waals surface area (Å²) in [4.78, 5) is 24.1. The number of nitrogens with two attached hydrogens (primary N) is 1. The molecule has 3 N–H and O–H groups in total. The molecular weight excluding hydrogens is 432 g/mol. The fraction of sp³-hybridized carbons (Fsp3) is 0.231. The van der Waals surface area contributed by atoms with Gasteiger partial charge in [0.15, 0.2) is 0 Å². The Labute approximate surface area is 197 Å². The lowest BCUT2D eigenvalue weighted by Crippen LogP contribution is -2.31. The first kappa shape index (κ1) is 22.8. The minimum atomic E-state index is -0.761. The summed E-state index contributed by atoms with van der Waals surface area (Å²) in [5.41, 5.74) is 11.7. The molecule has 3 aromatic rings. The SMILES string of the molecule is Cc1c(C(=O)Oc2ccc(-c3ccc(C#N)cc3)cc2)oc2c1/C(=N\NC(N)=O)CC(C)(C)C2. The fourth-order valence-electron chi connectivity index (χ4n) is 4.13. The number of primary amides is 1. The minimum absolute atomic E-state index is 0.102. The predicted octanol–water partition coefficient (Wildman–Crippen LogP) is 4.69. The van der Waals surface area contributed by atoms with Crippen molar-refractivity contribution < 1.29 is 18.7 Å². The van der Waals surface area contributed by atoms with E-state index < -0.39 is 12.0 Å². The molecule has 0 saturated heterocycles. The van der Waals surface area contributed by atoms with Gasteiger partial charge in [0.2, 0.25) is 5.76 Å². The van der Waals surface area contributed by atoms with Crippen LogP contribution >= 0.6 is 0 Å². The molecule has 172 valence electrons. The van der Waals surface area contributed by atoms with Crippen molar-refractivity contribution in [2.45, 2.75) is 33.6 Å². The Morgan fingerprint density at radius 2 is 1.71 bits per heavy atom. The Balaban J connectivity index is 1.56. The Kier molecular flexibility index (Phi) is 5.95. The van der Waals surface area contributed by atoms with Crippen LogP contribution in [0.1, 0.15) is 53.3 Å². The van der Waals surface area contributed by atoms with Gasteiger partial charge in [-0.2, -0.15) is 10.4 Å². The lowest BCUT2D eigenvalue weighted by molar-refractivity contribution is 0.0697. The van der Waals surface area contributed by atoms with Crippen molar-refractivity contribution >= 4 is 17.7 Å². The molecule has 0 radical (unpaired) electrons. The van der Waals surface area contributed by atoms with Gasteiger partial charge in [-0.25, -0.2) is 15.0 Å². The van der Waals surface area contributed by atoms with E-state index in [2.05, 4.69) is 30.4 Å². The maximum absolute atomic E-state index is 12.9. The van der Waals surface area contributed by atoms with E-state index in [9.17, 15) is 9.59 Å². The first-order valence-corrected chi connectivity index (χ1v) is 10.7. The summed E-state index contributed by atoms with van der Waals surface area (Å²) in [6.45, 7) is 5.88. The van der Waals surface area contributed by atoms with E-state index in [0.29, 0.717) is 46.8 Å². The zero-order valence-electron chi connectivity index (χ0n) is 19.1. The molecule has 1 aromatic heterocycles. The summed E-state index contributed by atoms with van der Waals surface area (Å²) in [6, 6.07) is 15.7. The first-order chi connectivity index (χ1) is 16.2. The number of carbonyl (C=O) groups excluding carboxylic acids is 2. The van der Waals surface area contributed by atoms with Gasteiger partial charge in [0.1, 0.15) is 11.5 Å². The second-order valence-corrected chi connectivity index (χ2v) is 9.01. The van der Waals surface area contributed by atoms with Gasteiger partial charge in [-0.3, -0.25) is 0 Å². The molecular formula is C26H24N4O4. The third-order valence-electron chi connectivity index (χ3n) is 5.69. The number of nitrogens with zero attached hydrogens (tertiary/aromatic N) is 2. The van der Waals surface area contributed by atoms with Crippen LogP contribution in [0.15, 0.2) is 58.0 Å². The van der Waals surface area contributed by atoms with Gasteiger partial charge in [0.05, 0.1) is 17.3 Å². The predicted molar refractivity (Wildman–Crippen MR) is 126 cm³/mol. The van der Waals surface area contributed by atoms with Crippen molar-refractivity contribution in [3.8, 4) is 22.9 Å². The third-order valence-corrected chi connectivity index (χ3v) is 5.69. The highest BCUT2D eigenvalue weighted by Crippen LogP contribution is 2.39. The summed E-state index contributed by atoms with van der Waals surface area (Å²) in [7, 11) is 0. The van der Waals surface area contributed by atoms with Crippen LogP contribution in [0.2, 0.25) is 0 Å². The summed E-state index contributed by atoms with van der Waals surface area (Å²) in [5.74, 6) is 0.492. The summed E-state index contributed by atoms with van der Waals surface area (Å²) < 4.78 is 11.5. The number of benzene rings is 2. The second kappa shape index (κ2) is 8.87. The molecule has 2 amide bonds. The van der Waals surface area contributed by atoms with Crippen LogP contribution in [-0.2, 0) is 6.42 Å². The molecule has 0 bridgehead atoms. The van der Waals surface area contributed by atoms with Gasteiger partial charge < -0.3 is 14.9 Å². The molecule has 1 heterocycles. The number of fused-ring (bicyclic) bond motifs is 1. The maximum Gasteiger partial charge on any atom is 0.379 e. The highest BCUT2D eigenvalue weighted by atomic mass is 16.5. The zero-order chi connectivity index (χ0) is 24.5. The lowest BCUT2D eigenvalue weighted by atomic mass is 9.75. The molecule has 8 heteroatoms. The van der Waals surface area contributed by atoms with Gasteiger partial charge in [-0.15, -0.1) is 0 Å². The molecule has 0 fully saturated rings. The van der Waals surface area contributed by atoms with Crippen molar-refractivity contribution in [3.05, 3.63) is 76.7 Å². The van der Waals surface area contributed by atoms with Crippen LogP contribution < -0.4 is 15.9 Å². The Morgan fingerprint density at radius 1 is 1.09 bits per heavy atom. The van der Waals surface area contributed by atoms with Crippen molar-refractivity contribution in [1.82, 2.24) is 5.43 Å². The number of nitriles is 1. The molecule has 1 aliphatic carbocycles. The number of amides is 2. The van der Waals surface area contributed by atoms with Crippen LogP contribution in [0.4, 0.5) is 4.79 Å². The molecule has 1 aliphatic rings. The average molecular weight is 457 g/mol. The topological polar surface area (TPSA) is 131 Å². The van der Waals surface area contributed by atoms with Crippen LogP contribution in [0.3, 0.4) is 0 Å². The second-order valence-electron chi connectivity index (χ2n) is 9.01. The lowest BCUT2D eigenvalue weighted by Gasteiger charge is -2.29. The van der Waals surface area contributed by atoms with E-state index in [1.54, 1.807) is 31.2 Å². The van der Waals surface area contributed by atoms with E-state index in [4.69, 9.17) is 20.1 Å². The number of carbonyl (C=O) groups is 2. The summed E-state index contributed by atoms with van der Waals surface area (Å²) in [6.07, 6.45) is 1.21. The minimum Gasteiger partial charge on any atom is -0.453 e. The normalized spacial score (nSPS) is 15.3. The number of nitrogens with one attached hydrogen (secondary N) is 1. The number of esters is 1. The number of hydrogen-bond donors (Lipinski definition) is 2. The number of furan rings is 1. The van der Waals surface area contributed by atoms with Gasteiger partial charge in [-0.1, -0.05) is 38.1 Å². The largest absolute Gasteiger partial charge is 0.453 e. The average Bonchev–Trinajstić information content (AvgIpc) is 3.13. The molecule has 0 unspecified atom stereocenters. The molecule has 0 atom stereocenters. The monoisotopic (exact) mass is 456 g/mol. The molecule has 2 aromatic carbocycles. The van der Waals surface area contributed by atoms with Crippen LogP contribution in [0.5, 0.6) is 5.75 Å². The van der Waals surface area contributed by atoms with E-state index in [-0.39, 0.29) is 11.2 Å². The van der Waals surface area contributed by atoms with Crippen LogP contribution in [0, 0.1) is 23.7 Å². The molecule has 0 spiro atoms. The number of hydrogen-bond acceptors (Lipinski definition) is 6. The van der Waals surface area contributed by atoms with E-state index in [0.717, 1.165) is 11.1 Å². The smallest absolute Gasteiger partial charge is 0.379 e. The molecule has 0 aliphatic heterocycles.